The molecule has 18 heavy (non-hydrogen) atoms. The van der Waals surface area contributed by atoms with Crippen molar-refractivity contribution >= 4 is 5.97 Å². The molecule has 0 aromatic rings. The lowest BCUT2D eigenvalue weighted by Crippen LogP contribution is -3.21. The zero-order chi connectivity index (χ0) is 13.4. The first kappa shape index (κ1) is 13.7. The number of fused-ring (bicyclic) bond motifs is 1. The number of aliphatic hydroxyl groups excluding tert-OH is 3. The van der Waals surface area contributed by atoms with Gasteiger partial charge in [0, 0.05) is 0 Å². The number of esters is 1. The predicted molar refractivity (Wildman–Crippen MR) is 61.8 cm³/mol. The van der Waals surface area contributed by atoms with E-state index >= 15 is 0 Å². The van der Waals surface area contributed by atoms with Gasteiger partial charge in [-0.3, -0.25) is 4.79 Å². The van der Waals surface area contributed by atoms with Crippen molar-refractivity contribution in [2.24, 2.45) is 5.92 Å². The van der Waals surface area contributed by atoms with Gasteiger partial charge in [0.05, 0.1) is 12.6 Å². The Hall–Kier alpha value is -0.690. The van der Waals surface area contributed by atoms with Crippen LogP contribution in [-0.2, 0) is 9.53 Å². The Morgan fingerprint density at radius 3 is 2.61 bits per heavy atom. The molecule has 0 spiro atoms. The van der Waals surface area contributed by atoms with Crippen LogP contribution in [0.4, 0.5) is 0 Å². The molecule has 2 saturated heterocycles. The number of hydrogen-bond donors (Lipinski definition) is 4. The number of ether oxygens (including phenoxy) is 1. The molecule has 0 radical (unpaired) electrons. The molecule has 6 heteroatoms. The molecule has 6 nitrogen and oxygen atoms in total. The molecular formula is C12H22NO5+. The van der Waals surface area contributed by atoms with E-state index in [0.29, 0.717) is 13.2 Å². The predicted octanol–water partition coefficient (Wildman–Crippen LogP) is -2.69. The second-order valence-corrected chi connectivity index (χ2v) is 5.31. The third-order valence-electron chi connectivity index (χ3n) is 4.32. The van der Waals surface area contributed by atoms with Gasteiger partial charge in [-0.15, -0.1) is 0 Å². The van der Waals surface area contributed by atoms with Crippen LogP contribution in [0.15, 0.2) is 0 Å². The van der Waals surface area contributed by atoms with Gasteiger partial charge in [0.15, 0.2) is 0 Å². The van der Waals surface area contributed by atoms with Crippen LogP contribution in [0.1, 0.15) is 20.3 Å². The minimum atomic E-state index is -0.916. The molecule has 0 amide bonds. The van der Waals surface area contributed by atoms with Crippen molar-refractivity contribution in [3.8, 4) is 0 Å². The fourth-order valence-electron chi connectivity index (χ4n) is 3.34. The van der Waals surface area contributed by atoms with Crippen LogP contribution < -0.4 is 4.90 Å². The molecule has 2 fully saturated rings. The smallest absolute Gasteiger partial charge is 0.315 e. The lowest BCUT2D eigenvalue weighted by atomic mass is 9.84. The van der Waals surface area contributed by atoms with Crippen LogP contribution >= 0.6 is 0 Å². The van der Waals surface area contributed by atoms with E-state index in [9.17, 15) is 20.1 Å². The van der Waals surface area contributed by atoms with Crippen LogP contribution in [0.3, 0.4) is 0 Å². The summed E-state index contributed by atoms with van der Waals surface area (Å²) < 4.78 is 5.01. The lowest BCUT2D eigenvalue weighted by molar-refractivity contribution is -0.949. The van der Waals surface area contributed by atoms with Gasteiger partial charge in [-0.1, -0.05) is 0 Å². The molecule has 7 atom stereocenters. The summed E-state index contributed by atoms with van der Waals surface area (Å²) >= 11 is 0. The number of rotatable bonds is 2. The zero-order valence-corrected chi connectivity index (χ0v) is 10.7. The average molecular weight is 260 g/mol. The van der Waals surface area contributed by atoms with E-state index < -0.39 is 24.4 Å². The van der Waals surface area contributed by atoms with E-state index in [1.807, 2.05) is 6.92 Å². The summed E-state index contributed by atoms with van der Waals surface area (Å²) in [6.07, 6.45) is -2.24. The number of quaternary nitrogens is 1. The summed E-state index contributed by atoms with van der Waals surface area (Å²) in [5, 5.41) is 29.6. The van der Waals surface area contributed by atoms with E-state index in [2.05, 4.69) is 0 Å². The van der Waals surface area contributed by atoms with E-state index in [0.717, 1.165) is 4.90 Å². The first-order valence-corrected chi connectivity index (χ1v) is 6.53. The summed E-state index contributed by atoms with van der Waals surface area (Å²) in [7, 11) is 0. The SMILES string of the molecule is CCOC(=O)[C@H]1C[C@@H](O)[C@@H]2[C@H](O)[C@H](O)C[NH+]2[C@H]1C. The van der Waals surface area contributed by atoms with Crippen molar-refractivity contribution in [3.63, 3.8) is 0 Å². The third kappa shape index (κ3) is 2.14. The minimum absolute atomic E-state index is 0.0655. The molecular weight excluding hydrogens is 238 g/mol. The van der Waals surface area contributed by atoms with Gasteiger partial charge in [0.25, 0.3) is 0 Å². The largest absolute Gasteiger partial charge is 0.466 e. The number of aliphatic hydroxyl groups is 3. The van der Waals surface area contributed by atoms with Gasteiger partial charge < -0.3 is 25.0 Å². The fourth-order valence-corrected chi connectivity index (χ4v) is 3.34. The van der Waals surface area contributed by atoms with Crippen molar-refractivity contribution in [3.05, 3.63) is 0 Å². The van der Waals surface area contributed by atoms with Gasteiger partial charge in [-0.25, -0.2) is 0 Å². The number of nitrogens with one attached hydrogen (secondary N) is 1. The molecule has 0 bridgehead atoms. The Kier molecular flexibility index (Phi) is 3.91. The topological polar surface area (TPSA) is 91.4 Å². The number of carbonyl (C=O) groups is 1. The van der Waals surface area contributed by atoms with E-state index in [1.165, 1.54) is 0 Å². The quantitative estimate of drug-likeness (QED) is 0.406. The molecule has 104 valence electrons. The molecule has 2 rings (SSSR count). The fraction of sp³-hybridized carbons (Fsp3) is 0.917. The molecule has 4 N–H and O–H groups in total. The van der Waals surface area contributed by atoms with Crippen molar-refractivity contribution in [1.29, 1.82) is 0 Å². The average Bonchev–Trinajstić information content (AvgIpc) is 2.62. The highest BCUT2D eigenvalue weighted by atomic mass is 16.5. The molecule has 0 saturated carbocycles. The maximum absolute atomic E-state index is 11.8. The van der Waals surface area contributed by atoms with E-state index in [4.69, 9.17) is 4.74 Å². The van der Waals surface area contributed by atoms with Gasteiger partial charge >= 0.3 is 5.97 Å². The van der Waals surface area contributed by atoms with Gasteiger partial charge in [0.1, 0.15) is 36.8 Å². The summed E-state index contributed by atoms with van der Waals surface area (Å²) in [5.74, 6) is -0.672. The highest BCUT2D eigenvalue weighted by molar-refractivity contribution is 5.73. The van der Waals surface area contributed by atoms with Crippen molar-refractivity contribution in [1.82, 2.24) is 0 Å². The maximum atomic E-state index is 11.8. The van der Waals surface area contributed by atoms with Crippen LogP contribution in [0.2, 0.25) is 0 Å². The second-order valence-electron chi connectivity index (χ2n) is 5.31. The molecule has 0 aliphatic carbocycles. The highest BCUT2D eigenvalue weighted by Crippen LogP contribution is 2.23. The molecule has 2 aliphatic rings. The zero-order valence-electron chi connectivity index (χ0n) is 10.7. The number of carbonyl (C=O) groups excluding carboxylic acids is 1. The second kappa shape index (κ2) is 5.13. The van der Waals surface area contributed by atoms with Crippen LogP contribution in [0, 0.1) is 5.92 Å². The normalized spacial score (nSPS) is 47.7. The Morgan fingerprint density at radius 2 is 2.00 bits per heavy atom. The minimum Gasteiger partial charge on any atom is -0.466 e. The third-order valence-corrected chi connectivity index (χ3v) is 4.32. The van der Waals surface area contributed by atoms with Gasteiger partial charge in [-0.2, -0.15) is 0 Å². The van der Waals surface area contributed by atoms with Gasteiger partial charge in [-0.05, 0) is 20.3 Å². The van der Waals surface area contributed by atoms with Crippen molar-refractivity contribution in [2.75, 3.05) is 13.2 Å². The Balaban J connectivity index is 2.14. The van der Waals surface area contributed by atoms with Crippen LogP contribution in [0.25, 0.3) is 0 Å². The van der Waals surface area contributed by atoms with Gasteiger partial charge in [0.2, 0.25) is 0 Å². The maximum Gasteiger partial charge on any atom is 0.315 e. The summed E-state index contributed by atoms with van der Waals surface area (Å²) in [6, 6.07) is -0.468. The van der Waals surface area contributed by atoms with E-state index in [1.54, 1.807) is 6.92 Å². The Morgan fingerprint density at radius 1 is 1.33 bits per heavy atom. The monoisotopic (exact) mass is 260 g/mol. The first-order chi connectivity index (χ1) is 8.47. The van der Waals surface area contributed by atoms with Crippen LogP contribution in [-0.4, -0.2) is 64.8 Å². The first-order valence-electron chi connectivity index (χ1n) is 6.53. The molecule has 0 aromatic carbocycles. The Bertz CT molecular complexity index is 324. The Labute approximate surface area is 106 Å². The summed E-state index contributed by atoms with van der Waals surface area (Å²) in [5.41, 5.74) is 0. The standard InChI is InChI=1S/C12H21NO5/c1-3-18-12(17)7-4-8(14)10-11(16)9(15)5-13(10)6(7)2/h6-11,14-16H,3-5H2,1-2H3/p+1/t6-,7-,8+,9+,10+,11+/m0/s1. The van der Waals surface area contributed by atoms with Crippen molar-refractivity contribution in [2.45, 2.75) is 50.7 Å². The van der Waals surface area contributed by atoms with E-state index in [-0.39, 0.29) is 24.3 Å². The molecule has 0 aromatic heterocycles. The number of piperidine rings is 1. The molecule has 2 heterocycles. The lowest BCUT2D eigenvalue weighted by Gasteiger charge is -2.40. The van der Waals surface area contributed by atoms with Crippen molar-refractivity contribution < 1.29 is 29.8 Å². The highest BCUT2D eigenvalue weighted by Gasteiger charge is 2.56. The molecule has 1 unspecified atom stereocenters. The number of hydrogen-bond acceptors (Lipinski definition) is 5. The summed E-state index contributed by atoms with van der Waals surface area (Å²) in [4.78, 5) is 12.7. The van der Waals surface area contributed by atoms with Crippen LogP contribution in [0.5, 0.6) is 0 Å². The molecule has 2 aliphatic heterocycles. The summed E-state index contributed by atoms with van der Waals surface area (Å²) in [6.45, 7) is 4.34.